The van der Waals surface area contributed by atoms with Crippen LogP contribution in [-0.4, -0.2) is 55.2 Å². The second-order valence-electron chi connectivity index (χ2n) is 7.50. The highest BCUT2D eigenvalue weighted by Crippen LogP contribution is 2.43. The molecule has 1 atom stereocenters. The van der Waals surface area contributed by atoms with Gasteiger partial charge in [-0.1, -0.05) is 18.2 Å². The van der Waals surface area contributed by atoms with Crippen LogP contribution in [0.3, 0.4) is 0 Å². The van der Waals surface area contributed by atoms with Crippen LogP contribution in [-0.2, 0) is 14.3 Å². The fourth-order valence-corrected chi connectivity index (χ4v) is 3.72. The predicted molar refractivity (Wildman–Crippen MR) is 116 cm³/mol. The Morgan fingerprint density at radius 3 is 2.44 bits per heavy atom. The van der Waals surface area contributed by atoms with Gasteiger partial charge in [-0.15, -0.1) is 0 Å². The van der Waals surface area contributed by atoms with Gasteiger partial charge in [0.1, 0.15) is 23.1 Å². The zero-order valence-electron chi connectivity index (χ0n) is 18.4. The summed E-state index contributed by atoms with van der Waals surface area (Å²) in [5.41, 5.74) is 0.312. The average molecular weight is 443 g/mol. The number of Topliss-reactive ketones (excluding diaryl/α,β-unsaturated/α-hetero) is 1. The highest BCUT2D eigenvalue weighted by Gasteiger charge is 2.47. The van der Waals surface area contributed by atoms with Crippen LogP contribution in [0, 0.1) is 5.82 Å². The Labute approximate surface area is 186 Å². The number of likely N-dealkylation sites (tertiary alicyclic amines) is 1. The van der Waals surface area contributed by atoms with Crippen molar-refractivity contribution in [2.45, 2.75) is 26.0 Å². The third-order valence-corrected chi connectivity index (χ3v) is 5.17. The van der Waals surface area contributed by atoms with Crippen LogP contribution in [0.2, 0.25) is 0 Å². The number of carbonyl (C=O) groups excluding carboxylic acids is 2. The Kier molecular flexibility index (Phi) is 7.15. The first-order chi connectivity index (χ1) is 15.3. The van der Waals surface area contributed by atoms with Gasteiger partial charge in [0.25, 0.3) is 11.7 Å². The first-order valence-corrected chi connectivity index (χ1v) is 10.2. The number of hydrogen-bond acceptors (Lipinski definition) is 6. The molecule has 1 N–H and O–H groups in total. The summed E-state index contributed by atoms with van der Waals surface area (Å²) in [6, 6.07) is 9.53. The number of amides is 1. The number of halogens is 1. The molecule has 1 saturated heterocycles. The van der Waals surface area contributed by atoms with E-state index in [0.29, 0.717) is 11.3 Å². The van der Waals surface area contributed by atoms with Gasteiger partial charge < -0.3 is 24.2 Å². The van der Waals surface area contributed by atoms with Gasteiger partial charge in [0.15, 0.2) is 0 Å². The molecule has 1 fully saturated rings. The van der Waals surface area contributed by atoms with Crippen molar-refractivity contribution >= 4 is 17.4 Å². The maximum Gasteiger partial charge on any atom is 0.295 e. The number of para-hydroxylation sites is 1. The van der Waals surface area contributed by atoms with Crippen LogP contribution in [0.15, 0.2) is 48.0 Å². The van der Waals surface area contributed by atoms with Gasteiger partial charge in [0, 0.05) is 12.1 Å². The Balaban J connectivity index is 2.20. The maximum atomic E-state index is 14.0. The zero-order chi connectivity index (χ0) is 23.4. The van der Waals surface area contributed by atoms with Crippen molar-refractivity contribution in [3.8, 4) is 11.5 Å². The molecule has 7 nitrogen and oxygen atoms in total. The molecule has 0 bridgehead atoms. The van der Waals surface area contributed by atoms with E-state index in [-0.39, 0.29) is 36.1 Å². The number of methoxy groups -OCH3 is 2. The van der Waals surface area contributed by atoms with Crippen molar-refractivity contribution in [3.63, 3.8) is 0 Å². The highest BCUT2D eigenvalue weighted by molar-refractivity contribution is 6.46. The summed E-state index contributed by atoms with van der Waals surface area (Å²) in [4.78, 5) is 27.4. The van der Waals surface area contributed by atoms with Crippen molar-refractivity contribution in [2.75, 3.05) is 27.4 Å². The number of aliphatic hydroxyl groups excluding tert-OH is 1. The molecule has 0 radical (unpaired) electrons. The monoisotopic (exact) mass is 443 g/mol. The number of benzene rings is 2. The SMILES string of the molecule is COc1ccc(F)cc1/C(O)=C1\C(=O)C(=O)N(CCOC(C)C)C1c1ccccc1OC. The maximum absolute atomic E-state index is 14.0. The second-order valence-corrected chi connectivity index (χ2v) is 7.50. The Hall–Kier alpha value is -3.39. The number of nitrogens with zero attached hydrogens (tertiary/aromatic N) is 1. The summed E-state index contributed by atoms with van der Waals surface area (Å²) in [5.74, 6) is -2.22. The highest BCUT2D eigenvalue weighted by atomic mass is 19.1. The van der Waals surface area contributed by atoms with E-state index in [1.54, 1.807) is 24.3 Å². The molecule has 0 spiro atoms. The normalized spacial score (nSPS) is 17.8. The first kappa shape index (κ1) is 23.3. The third-order valence-electron chi connectivity index (χ3n) is 5.17. The standard InChI is InChI=1S/C24H26FNO6/c1-14(2)32-12-11-26-21(16-7-5-6-8-18(16)30-3)20(23(28)24(26)29)22(27)17-13-15(25)9-10-19(17)31-4/h5-10,13-14,21,27H,11-12H2,1-4H3/b22-20+. The number of rotatable bonds is 8. The summed E-state index contributed by atoms with van der Waals surface area (Å²) in [6.45, 7) is 4.03. The van der Waals surface area contributed by atoms with Gasteiger partial charge in [-0.05, 0) is 38.1 Å². The van der Waals surface area contributed by atoms with Gasteiger partial charge in [-0.25, -0.2) is 4.39 Å². The number of hydrogen-bond donors (Lipinski definition) is 1. The Morgan fingerprint density at radius 1 is 1.09 bits per heavy atom. The van der Waals surface area contributed by atoms with Crippen LogP contribution in [0.5, 0.6) is 11.5 Å². The second kappa shape index (κ2) is 9.82. The molecule has 0 aromatic heterocycles. The molecule has 2 aromatic carbocycles. The fraction of sp³-hybridized carbons (Fsp3) is 0.333. The van der Waals surface area contributed by atoms with E-state index in [0.717, 1.165) is 6.07 Å². The smallest absolute Gasteiger partial charge is 0.295 e. The lowest BCUT2D eigenvalue weighted by atomic mass is 9.94. The lowest BCUT2D eigenvalue weighted by Crippen LogP contribution is -2.33. The summed E-state index contributed by atoms with van der Waals surface area (Å²) in [7, 11) is 2.84. The summed E-state index contributed by atoms with van der Waals surface area (Å²) in [5, 5.41) is 11.1. The molecule has 8 heteroatoms. The van der Waals surface area contributed by atoms with Crippen LogP contribution in [0.4, 0.5) is 4.39 Å². The largest absolute Gasteiger partial charge is 0.507 e. The predicted octanol–water partition coefficient (Wildman–Crippen LogP) is 3.69. The molecule has 0 aliphatic carbocycles. The first-order valence-electron chi connectivity index (χ1n) is 10.2. The van der Waals surface area contributed by atoms with Gasteiger partial charge in [0.05, 0.1) is 44.1 Å². The molecule has 32 heavy (non-hydrogen) atoms. The minimum Gasteiger partial charge on any atom is -0.507 e. The lowest BCUT2D eigenvalue weighted by Gasteiger charge is -2.27. The van der Waals surface area contributed by atoms with Crippen molar-refractivity contribution < 1.29 is 33.3 Å². The Bertz CT molecular complexity index is 1050. The van der Waals surface area contributed by atoms with Crippen molar-refractivity contribution in [2.24, 2.45) is 0 Å². The number of ketones is 1. The minimum atomic E-state index is -0.949. The third kappa shape index (κ3) is 4.45. The molecule has 1 amide bonds. The van der Waals surface area contributed by atoms with E-state index in [4.69, 9.17) is 14.2 Å². The van der Waals surface area contributed by atoms with Crippen LogP contribution < -0.4 is 9.47 Å². The van der Waals surface area contributed by atoms with E-state index < -0.39 is 29.3 Å². The topological polar surface area (TPSA) is 85.3 Å². The summed E-state index contributed by atoms with van der Waals surface area (Å²) in [6.07, 6.45) is -0.0620. The molecule has 1 aliphatic rings. The Morgan fingerprint density at radius 2 is 1.78 bits per heavy atom. The van der Waals surface area contributed by atoms with Crippen LogP contribution in [0.25, 0.3) is 5.76 Å². The van der Waals surface area contributed by atoms with E-state index in [1.165, 1.54) is 31.3 Å². The molecule has 3 rings (SSSR count). The zero-order valence-corrected chi connectivity index (χ0v) is 18.4. The van der Waals surface area contributed by atoms with Gasteiger partial charge in [0.2, 0.25) is 0 Å². The van der Waals surface area contributed by atoms with Gasteiger partial charge in [-0.3, -0.25) is 9.59 Å². The quantitative estimate of drug-likeness (QED) is 0.381. The molecule has 2 aromatic rings. The number of carbonyl (C=O) groups is 2. The molecular weight excluding hydrogens is 417 g/mol. The van der Waals surface area contributed by atoms with Gasteiger partial charge >= 0.3 is 0 Å². The van der Waals surface area contributed by atoms with Crippen molar-refractivity contribution in [1.29, 1.82) is 0 Å². The lowest BCUT2D eigenvalue weighted by molar-refractivity contribution is -0.140. The van der Waals surface area contributed by atoms with Crippen molar-refractivity contribution in [3.05, 3.63) is 65.0 Å². The molecule has 0 saturated carbocycles. The number of aliphatic hydroxyl groups is 1. The summed E-state index contributed by atoms with van der Waals surface area (Å²) >= 11 is 0. The van der Waals surface area contributed by atoms with Gasteiger partial charge in [-0.2, -0.15) is 0 Å². The van der Waals surface area contributed by atoms with Crippen LogP contribution in [0.1, 0.15) is 31.0 Å². The molecule has 1 aliphatic heterocycles. The van der Waals surface area contributed by atoms with E-state index in [9.17, 15) is 19.1 Å². The van der Waals surface area contributed by atoms with E-state index in [2.05, 4.69) is 0 Å². The average Bonchev–Trinajstić information content (AvgIpc) is 3.03. The molecular formula is C24H26FNO6. The molecule has 1 unspecified atom stereocenters. The van der Waals surface area contributed by atoms with Crippen LogP contribution >= 0.6 is 0 Å². The minimum absolute atomic E-state index is 0.0242. The molecule has 1 heterocycles. The number of ether oxygens (including phenoxy) is 3. The molecule has 170 valence electrons. The van der Waals surface area contributed by atoms with E-state index >= 15 is 0 Å². The fourth-order valence-electron chi connectivity index (χ4n) is 3.72. The van der Waals surface area contributed by atoms with E-state index in [1.807, 2.05) is 13.8 Å². The van der Waals surface area contributed by atoms with Crippen molar-refractivity contribution in [1.82, 2.24) is 4.90 Å². The summed E-state index contributed by atoms with van der Waals surface area (Å²) < 4.78 is 30.2.